The van der Waals surface area contributed by atoms with Crippen LogP contribution in [0.25, 0.3) is 10.9 Å². The Morgan fingerprint density at radius 2 is 2.00 bits per heavy atom. The summed E-state index contributed by atoms with van der Waals surface area (Å²) in [5.41, 5.74) is 10.3. The summed E-state index contributed by atoms with van der Waals surface area (Å²) >= 11 is 0. The average Bonchev–Trinajstić information content (AvgIpc) is 2.25. The molecule has 2 N–H and O–H groups in total. The van der Waals surface area contributed by atoms with Crippen molar-refractivity contribution >= 4 is 10.9 Å². The van der Waals surface area contributed by atoms with Crippen LogP contribution in [-0.2, 0) is 6.42 Å². The van der Waals surface area contributed by atoms with Gasteiger partial charge < -0.3 is 5.73 Å². The van der Waals surface area contributed by atoms with Gasteiger partial charge in [-0.05, 0) is 56.5 Å². The number of pyridine rings is 1. The second kappa shape index (κ2) is 4.62. The van der Waals surface area contributed by atoms with Gasteiger partial charge in [-0.25, -0.2) is 0 Å². The summed E-state index contributed by atoms with van der Waals surface area (Å²) < 4.78 is 0. The second-order valence-corrected chi connectivity index (χ2v) is 4.32. The van der Waals surface area contributed by atoms with Gasteiger partial charge in [0.05, 0.1) is 5.52 Å². The van der Waals surface area contributed by atoms with E-state index in [0.717, 1.165) is 30.6 Å². The van der Waals surface area contributed by atoms with Crippen molar-refractivity contribution in [3.63, 3.8) is 0 Å². The molecule has 0 unspecified atom stereocenters. The maximum absolute atomic E-state index is 5.52. The van der Waals surface area contributed by atoms with Gasteiger partial charge in [-0.1, -0.05) is 12.1 Å². The van der Waals surface area contributed by atoms with Crippen LogP contribution in [0.15, 0.2) is 24.3 Å². The van der Waals surface area contributed by atoms with Crippen molar-refractivity contribution in [1.29, 1.82) is 0 Å². The molecule has 0 radical (unpaired) electrons. The van der Waals surface area contributed by atoms with Crippen molar-refractivity contribution < 1.29 is 0 Å². The summed E-state index contributed by atoms with van der Waals surface area (Å²) in [7, 11) is 0. The summed E-state index contributed by atoms with van der Waals surface area (Å²) in [5.74, 6) is 0. The normalized spacial score (nSPS) is 10.9. The number of nitrogens with two attached hydrogens (primary N) is 1. The first kappa shape index (κ1) is 11.1. The summed E-state index contributed by atoms with van der Waals surface area (Å²) in [4.78, 5) is 4.57. The highest BCUT2D eigenvalue weighted by atomic mass is 14.7. The average molecular weight is 214 g/mol. The van der Waals surface area contributed by atoms with E-state index in [1.54, 1.807) is 0 Å². The maximum atomic E-state index is 5.52. The molecule has 2 nitrogen and oxygen atoms in total. The van der Waals surface area contributed by atoms with Crippen LogP contribution in [0.2, 0.25) is 0 Å². The Balaban J connectivity index is 2.45. The standard InChI is InChI=1S/C14H18N2/c1-10-8-11(2)16-14-9-12(4-3-7-15)5-6-13(10)14/h5-6,8-9H,3-4,7,15H2,1-2H3. The monoisotopic (exact) mass is 214 g/mol. The number of nitrogens with zero attached hydrogens (tertiary/aromatic N) is 1. The van der Waals surface area contributed by atoms with Gasteiger partial charge in [-0.2, -0.15) is 0 Å². The third-order valence-corrected chi connectivity index (χ3v) is 2.88. The molecule has 0 saturated carbocycles. The molecule has 2 heteroatoms. The molecule has 0 fully saturated rings. The fraction of sp³-hybridized carbons (Fsp3) is 0.357. The predicted octanol–water partition coefficient (Wildman–Crippen LogP) is 2.74. The van der Waals surface area contributed by atoms with E-state index in [1.165, 1.54) is 16.5 Å². The zero-order valence-corrected chi connectivity index (χ0v) is 9.96. The second-order valence-electron chi connectivity index (χ2n) is 4.32. The Hall–Kier alpha value is -1.41. The number of hydrogen-bond acceptors (Lipinski definition) is 2. The van der Waals surface area contributed by atoms with Gasteiger partial charge in [0.2, 0.25) is 0 Å². The van der Waals surface area contributed by atoms with Crippen molar-refractivity contribution in [2.24, 2.45) is 5.73 Å². The van der Waals surface area contributed by atoms with E-state index < -0.39 is 0 Å². The molecule has 0 aliphatic rings. The highest BCUT2D eigenvalue weighted by molar-refractivity contribution is 5.82. The van der Waals surface area contributed by atoms with Crippen LogP contribution < -0.4 is 5.73 Å². The van der Waals surface area contributed by atoms with E-state index >= 15 is 0 Å². The van der Waals surface area contributed by atoms with Crippen molar-refractivity contribution in [3.05, 3.63) is 41.1 Å². The first-order valence-corrected chi connectivity index (χ1v) is 5.77. The van der Waals surface area contributed by atoms with Crippen molar-refractivity contribution in [2.75, 3.05) is 6.54 Å². The van der Waals surface area contributed by atoms with E-state index in [0.29, 0.717) is 0 Å². The molecule has 0 spiro atoms. The molecule has 1 aromatic heterocycles. The minimum absolute atomic E-state index is 0.748. The van der Waals surface area contributed by atoms with Gasteiger partial charge in [-0.15, -0.1) is 0 Å². The Morgan fingerprint density at radius 1 is 1.19 bits per heavy atom. The summed E-state index contributed by atoms with van der Waals surface area (Å²) in [5, 5.41) is 1.25. The number of rotatable bonds is 3. The number of aryl methyl sites for hydroxylation is 3. The maximum Gasteiger partial charge on any atom is 0.0710 e. The van der Waals surface area contributed by atoms with Crippen LogP contribution in [0.5, 0.6) is 0 Å². The first-order valence-electron chi connectivity index (χ1n) is 5.77. The molecule has 2 rings (SSSR count). The lowest BCUT2D eigenvalue weighted by Crippen LogP contribution is -2.00. The quantitative estimate of drug-likeness (QED) is 0.853. The van der Waals surface area contributed by atoms with Gasteiger partial charge in [0, 0.05) is 11.1 Å². The van der Waals surface area contributed by atoms with Gasteiger partial charge in [0.15, 0.2) is 0 Å². The zero-order valence-electron chi connectivity index (χ0n) is 9.96. The molecule has 0 atom stereocenters. The zero-order chi connectivity index (χ0) is 11.5. The van der Waals surface area contributed by atoms with Gasteiger partial charge in [-0.3, -0.25) is 4.98 Å². The molecule has 2 aromatic rings. The molecule has 0 amide bonds. The van der Waals surface area contributed by atoms with E-state index in [4.69, 9.17) is 5.73 Å². The topological polar surface area (TPSA) is 38.9 Å². The smallest absolute Gasteiger partial charge is 0.0710 e. The van der Waals surface area contributed by atoms with Crippen LogP contribution in [-0.4, -0.2) is 11.5 Å². The highest BCUT2D eigenvalue weighted by Crippen LogP contribution is 2.19. The van der Waals surface area contributed by atoms with E-state index in [2.05, 4.69) is 36.2 Å². The Morgan fingerprint density at radius 3 is 2.75 bits per heavy atom. The van der Waals surface area contributed by atoms with E-state index in [-0.39, 0.29) is 0 Å². The summed E-state index contributed by atoms with van der Waals surface area (Å²) in [6.45, 7) is 4.92. The fourth-order valence-corrected chi connectivity index (χ4v) is 2.08. The van der Waals surface area contributed by atoms with Gasteiger partial charge in [0.25, 0.3) is 0 Å². The molecule has 0 aliphatic heterocycles. The third-order valence-electron chi connectivity index (χ3n) is 2.88. The molecule has 0 saturated heterocycles. The number of aromatic nitrogens is 1. The van der Waals surface area contributed by atoms with Gasteiger partial charge in [0.1, 0.15) is 0 Å². The molecule has 16 heavy (non-hydrogen) atoms. The minimum Gasteiger partial charge on any atom is -0.330 e. The minimum atomic E-state index is 0.748. The molecular formula is C14H18N2. The SMILES string of the molecule is Cc1cc(C)c2ccc(CCCN)cc2n1. The molecule has 0 bridgehead atoms. The Kier molecular flexibility index (Phi) is 3.20. The molecule has 84 valence electrons. The summed E-state index contributed by atoms with van der Waals surface area (Å²) in [6, 6.07) is 8.66. The van der Waals surface area contributed by atoms with Crippen molar-refractivity contribution in [2.45, 2.75) is 26.7 Å². The van der Waals surface area contributed by atoms with Crippen LogP contribution >= 0.6 is 0 Å². The van der Waals surface area contributed by atoms with Crippen LogP contribution in [0.4, 0.5) is 0 Å². The lowest BCUT2D eigenvalue weighted by molar-refractivity contribution is 0.833. The number of hydrogen-bond donors (Lipinski definition) is 1. The van der Waals surface area contributed by atoms with Crippen molar-refractivity contribution in [3.8, 4) is 0 Å². The molecule has 0 aliphatic carbocycles. The molecule has 1 aromatic carbocycles. The van der Waals surface area contributed by atoms with Crippen LogP contribution in [0.3, 0.4) is 0 Å². The fourth-order valence-electron chi connectivity index (χ4n) is 2.08. The van der Waals surface area contributed by atoms with Gasteiger partial charge >= 0.3 is 0 Å². The lowest BCUT2D eigenvalue weighted by atomic mass is 10.0. The molecular weight excluding hydrogens is 196 g/mol. The first-order chi connectivity index (χ1) is 7.70. The van der Waals surface area contributed by atoms with Crippen molar-refractivity contribution in [1.82, 2.24) is 4.98 Å². The lowest BCUT2D eigenvalue weighted by Gasteiger charge is -2.06. The van der Waals surface area contributed by atoms with E-state index in [1.807, 2.05) is 6.92 Å². The van der Waals surface area contributed by atoms with Crippen LogP contribution in [0, 0.1) is 13.8 Å². The number of benzene rings is 1. The van der Waals surface area contributed by atoms with E-state index in [9.17, 15) is 0 Å². The largest absolute Gasteiger partial charge is 0.330 e. The predicted molar refractivity (Wildman–Crippen MR) is 68.6 cm³/mol. The number of fused-ring (bicyclic) bond motifs is 1. The Labute approximate surface area is 96.5 Å². The highest BCUT2D eigenvalue weighted by Gasteiger charge is 2.01. The van der Waals surface area contributed by atoms with Crippen LogP contribution in [0.1, 0.15) is 23.2 Å². The molecule has 1 heterocycles. The Bertz CT molecular complexity index is 503. The summed E-state index contributed by atoms with van der Waals surface area (Å²) in [6.07, 6.45) is 2.08. The third kappa shape index (κ3) is 2.22.